The quantitative estimate of drug-likeness (QED) is 0.238. The van der Waals surface area contributed by atoms with Crippen molar-refractivity contribution < 1.29 is 14.5 Å². The fourth-order valence-electron chi connectivity index (χ4n) is 3.65. The van der Waals surface area contributed by atoms with E-state index in [9.17, 15) is 14.9 Å². The zero-order valence-electron chi connectivity index (χ0n) is 17.8. The van der Waals surface area contributed by atoms with Gasteiger partial charge in [0.05, 0.1) is 11.5 Å². The molecule has 2 aromatic carbocycles. The highest BCUT2D eigenvalue weighted by molar-refractivity contribution is 7.80. The van der Waals surface area contributed by atoms with E-state index >= 15 is 0 Å². The van der Waals surface area contributed by atoms with Crippen LogP contribution in [-0.4, -0.2) is 22.5 Å². The molecule has 1 amide bonds. The molecule has 0 atom stereocenters. The number of hydrogen-bond donors (Lipinski definition) is 2. The average molecular weight is 454 g/mol. The molecule has 32 heavy (non-hydrogen) atoms. The van der Waals surface area contributed by atoms with Gasteiger partial charge >= 0.3 is 0 Å². The molecule has 1 aliphatic rings. The molecular formula is C24H27N3O4S. The first kappa shape index (κ1) is 23.4. The summed E-state index contributed by atoms with van der Waals surface area (Å²) >= 11 is 5.18. The zero-order chi connectivity index (χ0) is 22.8. The smallest absolute Gasteiger partial charge is 0.269 e. The zero-order valence-corrected chi connectivity index (χ0v) is 18.6. The van der Waals surface area contributed by atoms with E-state index in [4.69, 9.17) is 17.0 Å². The average Bonchev–Trinajstić information content (AvgIpc) is 2.80. The molecule has 2 aromatic rings. The molecule has 1 aliphatic carbocycles. The van der Waals surface area contributed by atoms with Crippen LogP contribution in [0.4, 0.5) is 11.4 Å². The summed E-state index contributed by atoms with van der Waals surface area (Å²) in [4.78, 5) is 22.2. The molecule has 0 spiro atoms. The largest absolute Gasteiger partial charge is 0.494 e. The van der Waals surface area contributed by atoms with Gasteiger partial charge in [-0.3, -0.25) is 20.2 Å². The van der Waals surface area contributed by atoms with E-state index in [2.05, 4.69) is 10.6 Å². The summed E-state index contributed by atoms with van der Waals surface area (Å²) in [5.74, 6) is 1.20. The van der Waals surface area contributed by atoms with Crippen LogP contribution in [0.5, 0.6) is 5.75 Å². The van der Waals surface area contributed by atoms with Crippen LogP contribution in [0, 0.1) is 16.0 Å². The van der Waals surface area contributed by atoms with Crippen LogP contribution in [0.15, 0.2) is 54.6 Å². The van der Waals surface area contributed by atoms with E-state index in [1.54, 1.807) is 18.2 Å². The van der Waals surface area contributed by atoms with Crippen molar-refractivity contribution in [2.24, 2.45) is 5.92 Å². The second-order valence-corrected chi connectivity index (χ2v) is 8.20. The van der Waals surface area contributed by atoms with Crippen molar-refractivity contribution in [2.45, 2.75) is 38.5 Å². The summed E-state index contributed by atoms with van der Waals surface area (Å²) in [7, 11) is 0. The SMILES string of the molecule is O=C(/C=C/c1ccc([N+](=O)[O-])cc1)NC(=S)Nc1ccc(OCCC2CCCCC2)cc1. The maximum absolute atomic E-state index is 12.0. The molecule has 1 saturated carbocycles. The van der Waals surface area contributed by atoms with Crippen LogP contribution in [0.25, 0.3) is 6.08 Å². The number of non-ortho nitro benzene ring substituents is 1. The van der Waals surface area contributed by atoms with Gasteiger partial charge in [0.25, 0.3) is 5.69 Å². The van der Waals surface area contributed by atoms with E-state index in [-0.39, 0.29) is 10.8 Å². The molecule has 0 bridgehead atoms. The highest BCUT2D eigenvalue weighted by Crippen LogP contribution is 2.26. The summed E-state index contributed by atoms with van der Waals surface area (Å²) in [6.07, 6.45) is 10.7. The Morgan fingerprint density at radius 1 is 1.09 bits per heavy atom. The van der Waals surface area contributed by atoms with Crippen molar-refractivity contribution >= 4 is 40.7 Å². The van der Waals surface area contributed by atoms with Gasteiger partial charge < -0.3 is 10.1 Å². The number of nitrogens with zero attached hydrogens (tertiary/aromatic N) is 1. The predicted octanol–water partition coefficient (Wildman–Crippen LogP) is 5.47. The van der Waals surface area contributed by atoms with Gasteiger partial charge in [0, 0.05) is 23.9 Å². The predicted molar refractivity (Wildman–Crippen MR) is 130 cm³/mol. The van der Waals surface area contributed by atoms with Crippen molar-refractivity contribution in [3.05, 3.63) is 70.3 Å². The summed E-state index contributed by atoms with van der Waals surface area (Å²) in [5, 5.41) is 16.4. The normalized spacial score (nSPS) is 14.1. The number of rotatable bonds is 8. The summed E-state index contributed by atoms with van der Waals surface area (Å²) < 4.78 is 5.85. The third kappa shape index (κ3) is 7.77. The highest BCUT2D eigenvalue weighted by atomic mass is 32.1. The number of hydrogen-bond acceptors (Lipinski definition) is 5. The molecule has 0 saturated heterocycles. The molecule has 0 radical (unpaired) electrons. The molecular weight excluding hydrogens is 426 g/mol. The molecule has 7 nitrogen and oxygen atoms in total. The molecule has 168 valence electrons. The second kappa shape index (κ2) is 12.0. The van der Waals surface area contributed by atoms with Crippen molar-refractivity contribution in [3.63, 3.8) is 0 Å². The third-order valence-electron chi connectivity index (χ3n) is 5.40. The van der Waals surface area contributed by atoms with Crippen molar-refractivity contribution in [1.29, 1.82) is 0 Å². The number of amides is 1. The van der Waals surface area contributed by atoms with Gasteiger partial charge in [-0.25, -0.2) is 0 Å². The number of ether oxygens (including phenoxy) is 1. The van der Waals surface area contributed by atoms with Crippen LogP contribution in [0.3, 0.4) is 0 Å². The fourth-order valence-corrected chi connectivity index (χ4v) is 3.87. The van der Waals surface area contributed by atoms with Gasteiger partial charge in [-0.2, -0.15) is 0 Å². The number of carbonyl (C=O) groups excluding carboxylic acids is 1. The van der Waals surface area contributed by atoms with Crippen LogP contribution in [-0.2, 0) is 4.79 Å². The summed E-state index contributed by atoms with van der Waals surface area (Å²) in [6.45, 7) is 0.729. The minimum absolute atomic E-state index is 0.00220. The lowest BCUT2D eigenvalue weighted by atomic mass is 9.87. The van der Waals surface area contributed by atoms with Gasteiger partial charge in [-0.1, -0.05) is 32.1 Å². The minimum atomic E-state index is -0.472. The van der Waals surface area contributed by atoms with Crippen molar-refractivity contribution in [1.82, 2.24) is 5.32 Å². The monoisotopic (exact) mass is 453 g/mol. The highest BCUT2D eigenvalue weighted by Gasteiger charge is 2.13. The molecule has 3 rings (SSSR count). The van der Waals surface area contributed by atoms with Crippen LogP contribution in [0.2, 0.25) is 0 Å². The van der Waals surface area contributed by atoms with E-state index < -0.39 is 10.8 Å². The van der Waals surface area contributed by atoms with E-state index in [1.165, 1.54) is 50.3 Å². The van der Waals surface area contributed by atoms with E-state index in [1.807, 2.05) is 24.3 Å². The second-order valence-electron chi connectivity index (χ2n) is 7.79. The van der Waals surface area contributed by atoms with Gasteiger partial charge in [0.2, 0.25) is 5.91 Å². The van der Waals surface area contributed by atoms with Gasteiger partial charge in [-0.05, 0) is 72.6 Å². The lowest BCUT2D eigenvalue weighted by Gasteiger charge is -2.21. The number of carbonyl (C=O) groups is 1. The Morgan fingerprint density at radius 2 is 1.78 bits per heavy atom. The molecule has 1 fully saturated rings. The topological polar surface area (TPSA) is 93.5 Å². The molecule has 0 heterocycles. The number of nitro groups is 1. The minimum Gasteiger partial charge on any atom is -0.494 e. The number of nitrogens with one attached hydrogen (secondary N) is 2. The standard InChI is InChI=1S/C24H27N3O4S/c28-23(15-8-19-6-11-21(12-7-19)27(29)30)26-24(32)25-20-9-13-22(14-10-20)31-17-16-18-4-2-1-3-5-18/h6-15,18H,1-5,16-17H2,(H2,25,26,28,32)/b15-8+. The Bertz CT molecular complexity index is 952. The molecule has 0 unspecified atom stereocenters. The van der Waals surface area contributed by atoms with Crippen LogP contribution >= 0.6 is 12.2 Å². The Balaban J connectivity index is 1.39. The first-order valence-corrected chi connectivity index (χ1v) is 11.2. The molecule has 0 aliphatic heterocycles. The number of anilines is 1. The first-order valence-electron chi connectivity index (χ1n) is 10.8. The maximum atomic E-state index is 12.0. The number of nitro benzene ring substituents is 1. The lowest BCUT2D eigenvalue weighted by molar-refractivity contribution is -0.384. The third-order valence-corrected chi connectivity index (χ3v) is 5.60. The molecule has 2 N–H and O–H groups in total. The summed E-state index contributed by atoms with van der Waals surface area (Å²) in [6, 6.07) is 13.3. The Hall–Kier alpha value is -3.26. The van der Waals surface area contributed by atoms with E-state index in [0.717, 1.165) is 30.4 Å². The molecule has 8 heteroatoms. The Labute approximate surface area is 193 Å². The van der Waals surface area contributed by atoms with Crippen molar-refractivity contribution in [2.75, 3.05) is 11.9 Å². The van der Waals surface area contributed by atoms with Gasteiger partial charge in [-0.15, -0.1) is 0 Å². The Morgan fingerprint density at radius 3 is 2.44 bits per heavy atom. The van der Waals surface area contributed by atoms with Crippen LogP contribution < -0.4 is 15.4 Å². The molecule has 0 aromatic heterocycles. The van der Waals surface area contributed by atoms with Gasteiger partial charge in [0.15, 0.2) is 5.11 Å². The van der Waals surface area contributed by atoms with Crippen LogP contribution in [0.1, 0.15) is 44.1 Å². The number of benzene rings is 2. The maximum Gasteiger partial charge on any atom is 0.269 e. The first-order chi connectivity index (χ1) is 15.5. The summed E-state index contributed by atoms with van der Waals surface area (Å²) in [5.41, 5.74) is 1.41. The van der Waals surface area contributed by atoms with Crippen molar-refractivity contribution in [3.8, 4) is 5.75 Å². The Kier molecular flexibility index (Phi) is 8.74. The lowest BCUT2D eigenvalue weighted by Crippen LogP contribution is -2.32. The van der Waals surface area contributed by atoms with Gasteiger partial charge in [0.1, 0.15) is 5.75 Å². The fraction of sp³-hybridized carbons (Fsp3) is 0.333. The van der Waals surface area contributed by atoms with E-state index in [0.29, 0.717) is 5.56 Å². The number of thiocarbonyl (C=S) groups is 1.